The standard InChI is InChI=1S/C39H40FN5O5/c40-28-14-11-15-29(22-28)42-33-19-8-3-1-2-5-13-27-24-39(27,38(48)44-50-30-16-6-4-7-17-30)43-35(46)34-23-31(25-45(34)37(33)47)49-36-32-18-10-9-12-26(32)20-21-41-36/h4-7,9-18,20-22,27,31,33-34,42H,1-3,8,19,23-25H2,(H,43,46)(H,44,48)/t27-,31-,33+,34+,39-/m1/s1. The maximum atomic E-state index is 14.5. The SMILES string of the molecule is O=C1N[C@]2(C(=O)NOc3ccccc3)C[C@H]2C=CCCCCC[C@H](Nc2cccc(F)c2)C(=O)N2C[C@H](Oc3nccc4ccccc34)C[C@@H]12. The van der Waals surface area contributed by atoms with Gasteiger partial charge in [-0.1, -0.05) is 67.5 Å². The van der Waals surface area contributed by atoms with Gasteiger partial charge in [0.15, 0.2) is 5.75 Å². The number of hydrogen-bond acceptors (Lipinski definition) is 7. The summed E-state index contributed by atoms with van der Waals surface area (Å²) in [4.78, 5) is 54.1. The van der Waals surface area contributed by atoms with Crippen molar-refractivity contribution in [2.24, 2.45) is 5.92 Å². The van der Waals surface area contributed by atoms with Crippen molar-refractivity contribution in [2.45, 2.75) is 68.7 Å². The molecule has 258 valence electrons. The summed E-state index contributed by atoms with van der Waals surface area (Å²) in [7, 11) is 0. The number of ether oxygens (including phenoxy) is 1. The molecule has 50 heavy (non-hydrogen) atoms. The molecule has 10 nitrogen and oxygen atoms in total. The third-order valence-corrected chi connectivity index (χ3v) is 9.73. The number of allylic oxidation sites excluding steroid dienone is 1. The van der Waals surface area contributed by atoms with Gasteiger partial charge in [-0.2, -0.15) is 5.48 Å². The summed E-state index contributed by atoms with van der Waals surface area (Å²) in [5.74, 6) is -1.00. The molecule has 5 atom stereocenters. The highest BCUT2D eigenvalue weighted by atomic mass is 19.1. The van der Waals surface area contributed by atoms with Crippen molar-refractivity contribution in [1.82, 2.24) is 20.7 Å². The number of nitrogens with one attached hydrogen (secondary N) is 3. The Morgan fingerprint density at radius 3 is 2.68 bits per heavy atom. The van der Waals surface area contributed by atoms with Crippen LogP contribution in [-0.4, -0.2) is 57.9 Å². The molecule has 1 saturated heterocycles. The van der Waals surface area contributed by atoms with Crippen LogP contribution < -0.4 is 25.7 Å². The minimum Gasteiger partial charge on any atom is -0.472 e. The topological polar surface area (TPSA) is 122 Å². The normalized spacial score (nSPS) is 25.3. The highest BCUT2D eigenvalue weighted by Crippen LogP contribution is 2.45. The van der Waals surface area contributed by atoms with E-state index in [1.165, 1.54) is 12.1 Å². The Bertz CT molecular complexity index is 1880. The molecule has 7 rings (SSSR count). The van der Waals surface area contributed by atoms with Gasteiger partial charge >= 0.3 is 0 Å². The van der Waals surface area contributed by atoms with Crippen molar-refractivity contribution in [3.05, 3.63) is 109 Å². The highest BCUT2D eigenvalue weighted by molar-refractivity contribution is 5.98. The van der Waals surface area contributed by atoms with E-state index in [4.69, 9.17) is 9.57 Å². The van der Waals surface area contributed by atoms with Crippen LogP contribution in [0.25, 0.3) is 10.8 Å². The number of halogens is 1. The highest BCUT2D eigenvalue weighted by Gasteiger charge is 2.61. The molecule has 1 aromatic heterocycles. The van der Waals surface area contributed by atoms with Crippen LogP contribution in [0.1, 0.15) is 44.9 Å². The summed E-state index contributed by atoms with van der Waals surface area (Å²) < 4.78 is 20.6. The number of hydroxylamine groups is 1. The van der Waals surface area contributed by atoms with Gasteiger partial charge in [0.05, 0.1) is 6.54 Å². The van der Waals surface area contributed by atoms with Crippen molar-refractivity contribution in [2.75, 3.05) is 11.9 Å². The van der Waals surface area contributed by atoms with Crippen molar-refractivity contribution < 1.29 is 28.3 Å². The Kier molecular flexibility index (Phi) is 9.64. The molecule has 0 spiro atoms. The van der Waals surface area contributed by atoms with E-state index in [1.54, 1.807) is 47.5 Å². The lowest BCUT2D eigenvalue weighted by molar-refractivity contribution is -0.141. The average Bonchev–Trinajstić information content (AvgIpc) is 3.66. The first kappa shape index (κ1) is 33.1. The second-order valence-electron chi connectivity index (χ2n) is 13.2. The van der Waals surface area contributed by atoms with Crippen molar-refractivity contribution in [1.29, 1.82) is 0 Å². The van der Waals surface area contributed by atoms with E-state index < -0.39 is 41.4 Å². The summed E-state index contributed by atoms with van der Waals surface area (Å²) in [5.41, 5.74) is 1.78. The third-order valence-electron chi connectivity index (χ3n) is 9.73. The molecule has 3 amide bonds. The first-order chi connectivity index (χ1) is 24.4. The van der Waals surface area contributed by atoms with E-state index in [0.717, 1.165) is 36.5 Å². The zero-order chi connectivity index (χ0) is 34.5. The molecule has 2 fully saturated rings. The molecule has 4 aromatic rings. The zero-order valence-electron chi connectivity index (χ0n) is 27.6. The molecule has 3 N–H and O–H groups in total. The fourth-order valence-electron chi connectivity index (χ4n) is 6.97. The van der Waals surface area contributed by atoms with Gasteiger partial charge in [-0.15, -0.1) is 0 Å². The molecule has 1 saturated carbocycles. The maximum absolute atomic E-state index is 14.5. The molecular formula is C39H40FN5O5. The van der Waals surface area contributed by atoms with E-state index in [0.29, 0.717) is 30.2 Å². The van der Waals surface area contributed by atoms with Crippen LogP contribution in [0.2, 0.25) is 0 Å². The molecule has 3 heterocycles. The maximum Gasteiger partial charge on any atom is 0.278 e. The Labute approximate surface area is 290 Å². The molecule has 3 aromatic carbocycles. The van der Waals surface area contributed by atoms with Gasteiger partial charge in [0, 0.05) is 29.6 Å². The summed E-state index contributed by atoms with van der Waals surface area (Å²) >= 11 is 0. The smallest absolute Gasteiger partial charge is 0.278 e. The molecule has 11 heteroatoms. The first-order valence-corrected chi connectivity index (χ1v) is 17.2. The number of aromatic nitrogens is 1. The van der Waals surface area contributed by atoms with Crippen LogP contribution in [-0.2, 0) is 14.4 Å². The largest absolute Gasteiger partial charge is 0.472 e. The number of rotatable bonds is 7. The number of nitrogens with zero attached hydrogens (tertiary/aromatic N) is 2. The van der Waals surface area contributed by atoms with E-state index in [-0.39, 0.29) is 24.8 Å². The lowest BCUT2D eigenvalue weighted by Gasteiger charge is -2.30. The van der Waals surface area contributed by atoms with Crippen molar-refractivity contribution >= 4 is 34.2 Å². The van der Waals surface area contributed by atoms with Gasteiger partial charge in [0.1, 0.15) is 29.5 Å². The number of fused-ring (bicyclic) bond motifs is 3. The minimum atomic E-state index is -1.24. The lowest BCUT2D eigenvalue weighted by Crippen LogP contribution is -2.57. The lowest BCUT2D eigenvalue weighted by atomic mass is 10.0. The van der Waals surface area contributed by atoms with Gasteiger partial charge < -0.3 is 25.1 Å². The Hall–Kier alpha value is -5.45. The molecule has 0 radical (unpaired) electrons. The molecular weight excluding hydrogens is 637 g/mol. The summed E-state index contributed by atoms with van der Waals surface area (Å²) in [6.45, 7) is 0.128. The second kappa shape index (κ2) is 14.6. The number of para-hydroxylation sites is 1. The number of carbonyl (C=O) groups is 3. The van der Waals surface area contributed by atoms with Crippen LogP contribution in [0.15, 0.2) is 103 Å². The molecule has 1 aliphatic carbocycles. The number of hydrogen-bond donors (Lipinski definition) is 3. The number of pyridine rings is 1. The fourth-order valence-corrected chi connectivity index (χ4v) is 6.97. The molecule has 3 aliphatic rings. The third kappa shape index (κ3) is 7.27. The second-order valence-corrected chi connectivity index (χ2v) is 13.2. The van der Waals surface area contributed by atoms with Gasteiger partial charge in [-0.25, -0.2) is 9.37 Å². The first-order valence-electron chi connectivity index (χ1n) is 17.2. The van der Waals surface area contributed by atoms with Crippen molar-refractivity contribution in [3.63, 3.8) is 0 Å². The van der Waals surface area contributed by atoms with Gasteiger partial charge in [0.25, 0.3) is 5.91 Å². The van der Waals surface area contributed by atoms with Crippen LogP contribution in [0.5, 0.6) is 11.6 Å². The number of carbonyl (C=O) groups excluding carboxylic acids is 3. The predicted octanol–water partition coefficient (Wildman–Crippen LogP) is 5.71. The molecule has 2 aliphatic heterocycles. The quantitative estimate of drug-likeness (QED) is 0.169. The van der Waals surface area contributed by atoms with E-state index in [2.05, 4.69) is 27.2 Å². The monoisotopic (exact) mass is 677 g/mol. The van der Waals surface area contributed by atoms with Gasteiger partial charge in [0.2, 0.25) is 17.7 Å². The predicted molar refractivity (Wildman–Crippen MR) is 187 cm³/mol. The Morgan fingerprint density at radius 1 is 0.980 bits per heavy atom. The van der Waals surface area contributed by atoms with Crippen LogP contribution in [0.3, 0.4) is 0 Å². The molecule has 0 bridgehead atoms. The summed E-state index contributed by atoms with van der Waals surface area (Å²) in [6.07, 6.45) is 9.56. The van der Waals surface area contributed by atoms with Gasteiger partial charge in [-0.05, 0) is 73.5 Å². The van der Waals surface area contributed by atoms with Crippen LogP contribution >= 0.6 is 0 Å². The van der Waals surface area contributed by atoms with Gasteiger partial charge in [-0.3, -0.25) is 14.4 Å². The zero-order valence-corrected chi connectivity index (χ0v) is 27.6. The minimum absolute atomic E-state index is 0.128. The van der Waals surface area contributed by atoms with E-state index in [9.17, 15) is 18.8 Å². The fraction of sp³-hybridized carbons (Fsp3) is 0.333. The summed E-state index contributed by atoms with van der Waals surface area (Å²) in [6, 6.07) is 22.9. The Morgan fingerprint density at radius 2 is 1.82 bits per heavy atom. The van der Waals surface area contributed by atoms with E-state index in [1.807, 2.05) is 42.5 Å². The average molecular weight is 678 g/mol. The van der Waals surface area contributed by atoms with Crippen molar-refractivity contribution in [3.8, 4) is 11.6 Å². The summed E-state index contributed by atoms with van der Waals surface area (Å²) in [5, 5.41) is 8.06. The van der Waals surface area contributed by atoms with E-state index >= 15 is 0 Å². The molecule has 0 unspecified atom stereocenters. The number of amides is 3. The number of benzene rings is 3. The number of anilines is 1. The Balaban J connectivity index is 1.18. The van der Waals surface area contributed by atoms with Crippen LogP contribution in [0.4, 0.5) is 10.1 Å². The van der Waals surface area contributed by atoms with Crippen LogP contribution in [0, 0.1) is 11.7 Å².